The first-order valence-corrected chi connectivity index (χ1v) is 8.18. The summed E-state index contributed by atoms with van der Waals surface area (Å²) in [6.45, 7) is 2.48. The molecular formula is C19H24O3. The van der Waals surface area contributed by atoms with Gasteiger partial charge < -0.3 is 9.47 Å². The number of methoxy groups -OCH3 is 1. The maximum Gasteiger partial charge on any atom is 0.188 e. The van der Waals surface area contributed by atoms with Crippen LogP contribution >= 0.6 is 0 Å². The van der Waals surface area contributed by atoms with Crippen LogP contribution in [0.5, 0.6) is 5.75 Å². The Morgan fingerprint density at radius 1 is 1.32 bits per heavy atom. The van der Waals surface area contributed by atoms with Gasteiger partial charge in [-0.05, 0) is 54.2 Å². The minimum atomic E-state index is 0.0923. The number of aryl methyl sites for hydroxylation is 1. The number of ketones is 1. The molecule has 2 aliphatic rings. The van der Waals surface area contributed by atoms with Crippen molar-refractivity contribution in [1.29, 1.82) is 0 Å². The molecule has 22 heavy (non-hydrogen) atoms. The van der Waals surface area contributed by atoms with Crippen molar-refractivity contribution in [3.8, 4) is 5.75 Å². The highest BCUT2D eigenvalue weighted by molar-refractivity contribution is 6.04. The summed E-state index contributed by atoms with van der Waals surface area (Å²) in [5.74, 6) is 1.13. The second-order valence-corrected chi connectivity index (χ2v) is 6.45. The van der Waals surface area contributed by atoms with E-state index in [0.717, 1.165) is 25.0 Å². The largest absolute Gasteiger partial charge is 0.468 e. The molecule has 3 nitrogen and oxygen atoms in total. The average molecular weight is 300 g/mol. The molecule has 3 rings (SSSR count). The van der Waals surface area contributed by atoms with Crippen LogP contribution in [0.15, 0.2) is 24.3 Å². The Morgan fingerprint density at radius 3 is 2.95 bits per heavy atom. The van der Waals surface area contributed by atoms with E-state index < -0.39 is 0 Å². The molecular weight excluding hydrogens is 276 g/mol. The number of carbonyl (C=O) groups excluding carboxylic acids is 1. The Morgan fingerprint density at radius 2 is 2.18 bits per heavy atom. The van der Waals surface area contributed by atoms with Crippen LogP contribution in [0.1, 0.15) is 50.2 Å². The van der Waals surface area contributed by atoms with Crippen molar-refractivity contribution in [2.75, 3.05) is 13.9 Å². The van der Waals surface area contributed by atoms with Crippen LogP contribution in [0.25, 0.3) is 5.57 Å². The lowest BCUT2D eigenvalue weighted by Crippen LogP contribution is -2.26. The molecule has 1 unspecified atom stereocenters. The Bertz CT molecular complexity index is 603. The van der Waals surface area contributed by atoms with Crippen LogP contribution in [-0.4, -0.2) is 19.7 Å². The van der Waals surface area contributed by atoms with E-state index in [1.54, 1.807) is 7.11 Å². The van der Waals surface area contributed by atoms with E-state index in [2.05, 4.69) is 19.1 Å². The number of fused-ring (bicyclic) bond motifs is 3. The summed E-state index contributed by atoms with van der Waals surface area (Å²) < 4.78 is 10.5. The summed E-state index contributed by atoms with van der Waals surface area (Å²) in [6, 6.07) is 6.20. The van der Waals surface area contributed by atoms with Gasteiger partial charge in [0.05, 0.1) is 0 Å². The van der Waals surface area contributed by atoms with E-state index in [1.165, 1.54) is 29.5 Å². The fourth-order valence-electron chi connectivity index (χ4n) is 3.87. The van der Waals surface area contributed by atoms with Crippen LogP contribution in [0.3, 0.4) is 0 Å². The fraction of sp³-hybridized carbons (Fsp3) is 0.526. The summed E-state index contributed by atoms with van der Waals surface area (Å²) in [4.78, 5) is 12.1. The molecule has 0 radical (unpaired) electrons. The van der Waals surface area contributed by atoms with Gasteiger partial charge in [-0.2, -0.15) is 0 Å². The van der Waals surface area contributed by atoms with Gasteiger partial charge in [0.25, 0.3) is 0 Å². The molecule has 1 aromatic carbocycles. The third-order valence-corrected chi connectivity index (χ3v) is 4.98. The lowest BCUT2D eigenvalue weighted by atomic mass is 9.66. The van der Waals surface area contributed by atoms with Gasteiger partial charge in [-0.1, -0.05) is 25.8 Å². The smallest absolute Gasteiger partial charge is 0.188 e. The van der Waals surface area contributed by atoms with Crippen molar-refractivity contribution in [2.24, 2.45) is 5.41 Å². The summed E-state index contributed by atoms with van der Waals surface area (Å²) in [5.41, 5.74) is 3.90. The SMILES string of the molecule is CCCCC12CCc3cc(OCOC)ccc3C1=CC(=O)C2. The first-order chi connectivity index (χ1) is 10.7. The van der Waals surface area contributed by atoms with Crippen LogP contribution in [0.2, 0.25) is 0 Å². The second kappa shape index (κ2) is 6.25. The number of ether oxygens (including phenoxy) is 2. The van der Waals surface area contributed by atoms with Crippen molar-refractivity contribution in [3.63, 3.8) is 0 Å². The molecule has 0 bridgehead atoms. The minimum Gasteiger partial charge on any atom is -0.468 e. The van der Waals surface area contributed by atoms with Gasteiger partial charge in [0, 0.05) is 18.9 Å². The third-order valence-electron chi connectivity index (χ3n) is 4.98. The molecule has 0 N–H and O–H groups in total. The second-order valence-electron chi connectivity index (χ2n) is 6.45. The summed E-state index contributed by atoms with van der Waals surface area (Å²) >= 11 is 0. The summed E-state index contributed by atoms with van der Waals surface area (Å²) in [6.07, 6.45) is 8.18. The van der Waals surface area contributed by atoms with Gasteiger partial charge in [-0.25, -0.2) is 0 Å². The Kier molecular flexibility index (Phi) is 4.34. The predicted octanol–water partition coefficient (Wildman–Crippen LogP) is 4.15. The molecule has 0 fully saturated rings. The molecule has 0 amide bonds. The number of unbranched alkanes of at least 4 members (excludes halogenated alkanes) is 1. The fourth-order valence-corrected chi connectivity index (χ4v) is 3.87. The highest BCUT2D eigenvalue weighted by Crippen LogP contribution is 2.54. The number of rotatable bonds is 6. The molecule has 1 atom stereocenters. The van der Waals surface area contributed by atoms with E-state index in [4.69, 9.17) is 9.47 Å². The van der Waals surface area contributed by atoms with E-state index in [1.807, 2.05) is 12.1 Å². The van der Waals surface area contributed by atoms with Crippen molar-refractivity contribution < 1.29 is 14.3 Å². The minimum absolute atomic E-state index is 0.0923. The highest BCUT2D eigenvalue weighted by atomic mass is 16.7. The van der Waals surface area contributed by atoms with Gasteiger partial charge in [-0.15, -0.1) is 0 Å². The Labute approximate surface area is 132 Å². The Balaban J connectivity index is 1.91. The van der Waals surface area contributed by atoms with Crippen LogP contribution in [0, 0.1) is 5.41 Å². The molecule has 0 heterocycles. The third kappa shape index (κ3) is 2.70. The van der Waals surface area contributed by atoms with Crippen molar-refractivity contribution in [1.82, 2.24) is 0 Å². The molecule has 3 heteroatoms. The van der Waals surface area contributed by atoms with Gasteiger partial charge in [0.1, 0.15) is 5.75 Å². The topological polar surface area (TPSA) is 35.5 Å². The molecule has 0 saturated heterocycles. The van der Waals surface area contributed by atoms with E-state index >= 15 is 0 Å². The molecule has 0 aromatic heterocycles. The number of allylic oxidation sites excluding steroid dienone is 2. The van der Waals surface area contributed by atoms with E-state index in [9.17, 15) is 4.79 Å². The molecule has 2 aliphatic carbocycles. The number of hydrogen-bond donors (Lipinski definition) is 0. The van der Waals surface area contributed by atoms with E-state index in [0.29, 0.717) is 12.2 Å². The first kappa shape index (κ1) is 15.3. The number of benzene rings is 1. The molecule has 0 spiro atoms. The first-order valence-electron chi connectivity index (χ1n) is 8.18. The van der Waals surface area contributed by atoms with Gasteiger partial charge >= 0.3 is 0 Å². The maximum atomic E-state index is 12.1. The zero-order valence-electron chi connectivity index (χ0n) is 13.5. The van der Waals surface area contributed by atoms with Crippen molar-refractivity contribution >= 4 is 11.4 Å². The standard InChI is InChI=1S/C19H24O3/c1-3-4-8-19-9-7-14-10-16(22-13-21-2)5-6-17(14)18(19)11-15(20)12-19/h5-6,10-11H,3-4,7-9,12-13H2,1-2H3. The average Bonchev–Trinajstić information content (AvgIpc) is 2.87. The monoisotopic (exact) mass is 300 g/mol. The maximum absolute atomic E-state index is 12.1. The highest BCUT2D eigenvalue weighted by Gasteiger charge is 2.43. The van der Waals surface area contributed by atoms with E-state index in [-0.39, 0.29) is 12.2 Å². The van der Waals surface area contributed by atoms with Crippen LogP contribution < -0.4 is 4.74 Å². The van der Waals surface area contributed by atoms with Crippen LogP contribution in [-0.2, 0) is 16.0 Å². The number of hydrogen-bond acceptors (Lipinski definition) is 3. The summed E-state index contributed by atoms with van der Waals surface area (Å²) in [5, 5.41) is 0. The normalized spacial score (nSPS) is 23.0. The Hall–Kier alpha value is -1.61. The lowest BCUT2D eigenvalue weighted by molar-refractivity contribution is -0.115. The van der Waals surface area contributed by atoms with Crippen molar-refractivity contribution in [2.45, 2.75) is 45.4 Å². The molecule has 0 aliphatic heterocycles. The van der Waals surface area contributed by atoms with Crippen molar-refractivity contribution in [3.05, 3.63) is 35.4 Å². The van der Waals surface area contributed by atoms with Gasteiger partial charge in [-0.3, -0.25) is 4.79 Å². The molecule has 0 saturated carbocycles. The quantitative estimate of drug-likeness (QED) is 0.740. The van der Waals surface area contributed by atoms with Crippen LogP contribution in [0.4, 0.5) is 0 Å². The zero-order valence-corrected chi connectivity index (χ0v) is 13.5. The predicted molar refractivity (Wildman–Crippen MR) is 86.8 cm³/mol. The van der Waals surface area contributed by atoms with Gasteiger partial charge in [0.2, 0.25) is 0 Å². The molecule has 118 valence electrons. The lowest BCUT2D eigenvalue weighted by Gasteiger charge is -2.37. The molecule has 1 aromatic rings. The number of carbonyl (C=O) groups is 1. The summed E-state index contributed by atoms with van der Waals surface area (Å²) in [7, 11) is 1.62. The van der Waals surface area contributed by atoms with Gasteiger partial charge in [0.15, 0.2) is 12.6 Å². The zero-order chi connectivity index (χ0) is 15.6.